The summed E-state index contributed by atoms with van der Waals surface area (Å²) in [6.07, 6.45) is 61.8. The van der Waals surface area contributed by atoms with Crippen molar-refractivity contribution in [1.29, 1.82) is 0 Å². The lowest BCUT2D eigenvalue weighted by Gasteiger charge is -2.18. The van der Waals surface area contributed by atoms with Crippen LogP contribution in [0.15, 0.2) is 24.3 Å². The van der Waals surface area contributed by atoms with E-state index in [1.807, 2.05) is 6.08 Å². The van der Waals surface area contributed by atoms with E-state index in [9.17, 15) is 14.4 Å². The minimum absolute atomic E-state index is 0.0826. The van der Waals surface area contributed by atoms with E-state index in [4.69, 9.17) is 14.2 Å². The zero-order valence-corrected chi connectivity index (χ0v) is 43.1. The average Bonchev–Trinajstić information content (AvgIpc) is 3.29. The molecule has 0 radical (unpaired) electrons. The van der Waals surface area contributed by atoms with Gasteiger partial charge >= 0.3 is 17.9 Å². The summed E-state index contributed by atoms with van der Waals surface area (Å²) in [6, 6.07) is 0. The molecular formula is C58H108O6. The standard InChI is InChI=1S/C58H108O6/c1-4-7-10-13-16-19-22-25-27-29-31-33-36-39-42-45-48-51-57(60)63-54-55(53-62-56(59)50-47-44-41-38-35-32-24-21-18-15-12-9-6-3)64-58(61)52-49-46-43-40-37-34-30-28-26-23-20-17-14-11-8-5-2/h32,35,41,44,55H,4-31,33-34,36-40,42-43,45-54H2,1-3H3/b35-32+,44-41+. The predicted molar refractivity (Wildman–Crippen MR) is 275 cm³/mol. The van der Waals surface area contributed by atoms with E-state index in [0.717, 1.165) is 51.4 Å². The van der Waals surface area contributed by atoms with Crippen LogP contribution < -0.4 is 0 Å². The Bertz CT molecular complexity index is 1040. The lowest BCUT2D eigenvalue weighted by molar-refractivity contribution is -0.166. The molecule has 1 unspecified atom stereocenters. The lowest BCUT2D eigenvalue weighted by Crippen LogP contribution is -2.30. The highest BCUT2D eigenvalue weighted by Crippen LogP contribution is 2.17. The summed E-state index contributed by atoms with van der Waals surface area (Å²) in [5.41, 5.74) is 0. The Morgan fingerprint density at radius 2 is 0.594 bits per heavy atom. The molecule has 0 saturated heterocycles. The average molecular weight is 901 g/mol. The molecule has 64 heavy (non-hydrogen) atoms. The Labute approximate surface area is 398 Å². The van der Waals surface area contributed by atoms with Gasteiger partial charge in [-0.3, -0.25) is 14.4 Å². The third-order valence-electron chi connectivity index (χ3n) is 12.7. The molecule has 0 aliphatic carbocycles. The van der Waals surface area contributed by atoms with Gasteiger partial charge in [-0.1, -0.05) is 276 Å². The predicted octanol–water partition coefficient (Wildman–Crippen LogP) is 18.7. The van der Waals surface area contributed by atoms with E-state index in [1.54, 1.807) is 0 Å². The van der Waals surface area contributed by atoms with Crippen LogP contribution in [-0.2, 0) is 28.6 Å². The number of rotatable bonds is 52. The van der Waals surface area contributed by atoms with Gasteiger partial charge in [-0.15, -0.1) is 0 Å². The van der Waals surface area contributed by atoms with Gasteiger partial charge in [0.25, 0.3) is 0 Å². The van der Waals surface area contributed by atoms with E-state index in [2.05, 4.69) is 39.0 Å². The minimum Gasteiger partial charge on any atom is -0.462 e. The summed E-state index contributed by atoms with van der Waals surface area (Å²) in [7, 11) is 0. The molecule has 1 atom stereocenters. The van der Waals surface area contributed by atoms with Gasteiger partial charge in [0.05, 0.1) is 0 Å². The zero-order chi connectivity index (χ0) is 46.5. The third-order valence-corrected chi connectivity index (χ3v) is 12.7. The van der Waals surface area contributed by atoms with Crippen LogP contribution in [0.4, 0.5) is 0 Å². The number of esters is 3. The molecule has 6 nitrogen and oxygen atoms in total. The molecule has 0 rings (SSSR count). The summed E-state index contributed by atoms with van der Waals surface area (Å²) >= 11 is 0. The first kappa shape index (κ1) is 61.9. The normalized spacial score (nSPS) is 12.1. The van der Waals surface area contributed by atoms with Crippen LogP contribution >= 0.6 is 0 Å². The number of carbonyl (C=O) groups excluding carboxylic acids is 3. The summed E-state index contributed by atoms with van der Waals surface area (Å²) in [5, 5.41) is 0. The van der Waals surface area contributed by atoms with Gasteiger partial charge in [0.15, 0.2) is 6.10 Å². The molecule has 0 heterocycles. The van der Waals surface area contributed by atoms with Crippen molar-refractivity contribution in [2.45, 2.75) is 316 Å². The van der Waals surface area contributed by atoms with Crippen LogP contribution in [0.2, 0.25) is 0 Å². The second-order valence-corrected chi connectivity index (χ2v) is 19.2. The largest absolute Gasteiger partial charge is 0.462 e. The van der Waals surface area contributed by atoms with Crippen molar-refractivity contribution in [3.8, 4) is 0 Å². The SMILES string of the molecule is CCCCCCCC/C=C/C/C=C/CCC(=O)OCC(COC(=O)CCCCCCCCCCCCCCCCCCC)OC(=O)CCCCCCCCCCCCCCCCCC. The molecular weight excluding hydrogens is 793 g/mol. The molecule has 0 N–H and O–H groups in total. The molecule has 0 aromatic carbocycles. The number of ether oxygens (including phenoxy) is 3. The maximum Gasteiger partial charge on any atom is 0.306 e. The van der Waals surface area contributed by atoms with Crippen LogP contribution in [0.5, 0.6) is 0 Å². The Morgan fingerprint density at radius 3 is 0.953 bits per heavy atom. The summed E-state index contributed by atoms with van der Waals surface area (Å²) in [5.74, 6) is -0.933. The van der Waals surface area contributed by atoms with Crippen molar-refractivity contribution < 1.29 is 28.6 Å². The molecule has 0 spiro atoms. The van der Waals surface area contributed by atoms with Gasteiger partial charge in [0.1, 0.15) is 13.2 Å². The number of hydrogen-bond acceptors (Lipinski definition) is 6. The van der Waals surface area contributed by atoms with Crippen LogP contribution in [0.3, 0.4) is 0 Å². The second-order valence-electron chi connectivity index (χ2n) is 19.2. The fourth-order valence-electron chi connectivity index (χ4n) is 8.44. The van der Waals surface area contributed by atoms with Gasteiger partial charge in [-0.05, 0) is 38.5 Å². The van der Waals surface area contributed by atoms with Crippen molar-refractivity contribution in [3.05, 3.63) is 24.3 Å². The number of carbonyl (C=O) groups is 3. The highest BCUT2D eigenvalue weighted by molar-refractivity contribution is 5.71. The molecule has 0 amide bonds. The fourth-order valence-corrected chi connectivity index (χ4v) is 8.44. The van der Waals surface area contributed by atoms with Crippen LogP contribution in [-0.4, -0.2) is 37.2 Å². The van der Waals surface area contributed by atoms with Gasteiger partial charge in [-0.25, -0.2) is 0 Å². The Hall–Kier alpha value is -2.11. The molecule has 0 fully saturated rings. The van der Waals surface area contributed by atoms with Crippen molar-refractivity contribution in [3.63, 3.8) is 0 Å². The van der Waals surface area contributed by atoms with Crippen molar-refractivity contribution >= 4 is 17.9 Å². The Balaban J connectivity index is 4.36. The smallest absolute Gasteiger partial charge is 0.306 e. The van der Waals surface area contributed by atoms with Gasteiger partial charge < -0.3 is 14.2 Å². The van der Waals surface area contributed by atoms with Crippen LogP contribution in [0.1, 0.15) is 310 Å². The number of allylic oxidation sites excluding steroid dienone is 4. The lowest BCUT2D eigenvalue weighted by atomic mass is 10.0. The zero-order valence-electron chi connectivity index (χ0n) is 43.1. The first-order valence-electron chi connectivity index (χ1n) is 28.3. The first-order valence-corrected chi connectivity index (χ1v) is 28.3. The maximum absolute atomic E-state index is 12.8. The van der Waals surface area contributed by atoms with Gasteiger partial charge in [-0.2, -0.15) is 0 Å². The van der Waals surface area contributed by atoms with E-state index < -0.39 is 6.10 Å². The summed E-state index contributed by atoms with van der Waals surface area (Å²) in [4.78, 5) is 38.0. The molecule has 376 valence electrons. The molecule has 0 aromatic heterocycles. The minimum atomic E-state index is -0.788. The highest BCUT2D eigenvalue weighted by Gasteiger charge is 2.19. The van der Waals surface area contributed by atoms with E-state index in [1.165, 1.54) is 212 Å². The first-order chi connectivity index (χ1) is 31.5. The van der Waals surface area contributed by atoms with E-state index in [0.29, 0.717) is 19.3 Å². The van der Waals surface area contributed by atoms with Crippen molar-refractivity contribution in [2.75, 3.05) is 13.2 Å². The van der Waals surface area contributed by atoms with E-state index >= 15 is 0 Å². The number of hydrogen-bond donors (Lipinski definition) is 0. The molecule has 6 heteroatoms. The second kappa shape index (κ2) is 53.5. The Morgan fingerprint density at radius 1 is 0.312 bits per heavy atom. The Kier molecular flexibility index (Phi) is 51.7. The maximum atomic E-state index is 12.8. The third kappa shape index (κ3) is 50.9. The molecule has 0 aliphatic rings. The summed E-state index contributed by atoms with van der Waals surface area (Å²) < 4.78 is 16.8. The fraction of sp³-hybridized carbons (Fsp3) is 0.879. The molecule has 0 bridgehead atoms. The van der Waals surface area contributed by atoms with E-state index in [-0.39, 0.29) is 37.5 Å². The monoisotopic (exact) mass is 901 g/mol. The van der Waals surface area contributed by atoms with Gasteiger partial charge in [0, 0.05) is 19.3 Å². The van der Waals surface area contributed by atoms with Crippen LogP contribution in [0, 0.1) is 0 Å². The molecule has 0 aromatic rings. The van der Waals surface area contributed by atoms with Crippen molar-refractivity contribution in [2.24, 2.45) is 0 Å². The number of unbranched alkanes of at least 4 members (excludes halogenated alkanes) is 37. The molecule has 0 aliphatic heterocycles. The summed E-state index contributed by atoms with van der Waals surface area (Å²) in [6.45, 7) is 6.63. The topological polar surface area (TPSA) is 78.9 Å². The quantitative estimate of drug-likeness (QED) is 0.0262. The van der Waals surface area contributed by atoms with Crippen molar-refractivity contribution in [1.82, 2.24) is 0 Å². The highest BCUT2D eigenvalue weighted by atomic mass is 16.6. The van der Waals surface area contributed by atoms with Gasteiger partial charge in [0.2, 0.25) is 0 Å². The molecule has 0 saturated carbocycles. The van der Waals surface area contributed by atoms with Crippen LogP contribution in [0.25, 0.3) is 0 Å².